The summed E-state index contributed by atoms with van der Waals surface area (Å²) in [5, 5.41) is 13.1. The molecule has 1 aliphatic heterocycles. The van der Waals surface area contributed by atoms with Gasteiger partial charge < -0.3 is 15.2 Å². The molecule has 0 bridgehead atoms. The molecule has 106 valence electrons. The van der Waals surface area contributed by atoms with E-state index in [1.807, 2.05) is 0 Å². The van der Waals surface area contributed by atoms with Crippen molar-refractivity contribution in [3.05, 3.63) is 0 Å². The average Bonchev–Trinajstić information content (AvgIpc) is 2.86. The van der Waals surface area contributed by atoms with Crippen LogP contribution in [-0.4, -0.2) is 60.5 Å². The quantitative estimate of drug-likeness (QED) is 0.770. The van der Waals surface area contributed by atoms with Gasteiger partial charge in [0.05, 0.1) is 19.3 Å². The van der Waals surface area contributed by atoms with E-state index >= 15 is 0 Å². The van der Waals surface area contributed by atoms with E-state index in [0.29, 0.717) is 6.04 Å². The Labute approximate surface area is 111 Å². The molecule has 1 unspecified atom stereocenters. The molecule has 1 saturated carbocycles. The fourth-order valence-corrected chi connectivity index (χ4v) is 3.11. The van der Waals surface area contributed by atoms with E-state index in [0.717, 1.165) is 39.1 Å². The van der Waals surface area contributed by atoms with Crippen molar-refractivity contribution < 1.29 is 9.84 Å². The Morgan fingerprint density at radius 2 is 2.11 bits per heavy atom. The van der Waals surface area contributed by atoms with E-state index in [-0.39, 0.29) is 18.2 Å². The van der Waals surface area contributed by atoms with Gasteiger partial charge in [0.15, 0.2) is 0 Å². The topological polar surface area (TPSA) is 44.7 Å². The first-order valence-corrected chi connectivity index (χ1v) is 7.37. The van der Waals surface area contributed by atoms with Gasteiger partial charge in [0.25, 0.3) is 0 Å². The number of hydrogen-bond acceptors (Lipinski definition) is 4. The van der Waals surface area contributed by atoms with Crippen LogP contribution in [0.5, 0.6) is 0 Å². The third-order valence-corrected chi connectivity index (χ3v) is 4.47. The molecule has 18 heavy (non-hydrogen) atoms. The van der Waals surface area contributed by atoms with E-state index in [1.54, 1.807) is 0 Å². The minimum Gasteiger partial charge on any atom is -0.394 e. The van der Waals surface area contributed by atoms with Gasteiger partial charge in [-0.05, 0) is 26.7 Å². The van der Waals surface area contributed by atoms with Crippen LogP contribution in [0.15, 0.2) is 0 Å². The summed E-state index contributed by atoms with van der Waals surface area (Å²) in [6.45, 7) is 8.48. The molecule has 2 rings (SSSR count). The minimum atomic E-state index is -0.0243. The van der Waals surface area contributed by atoms with Crippen LogP contribution < -0.4 is 5.32 Å². The summed E-state index contributed by atoms with van der Waals surface area (Å²) in [5.74, 6) is 0. The monoisotopic (exact) mass is 256 g/mol. The summed E-state index contributed by atoms with van der Waals surface area (Å²) in [6.07, 6.45) is 4.94. The molecule has 2 fully saturated rings. The fraction of sp³-hybridized carbons (Fsp3) is 1.00. The van der Waals surface area contributed by atoms with Crippen LogP contribution in [0.4, 0.5) is 0 Å². The normalized spacial score (nSPS) is 29.0. The van der Waals surface area contributed by atoms with E-state index in [9.17, 15) is 5.11 Å². The molecule has 1 saturated heterocycles. The molecule has 0 spiro atoms. The second-order valence-electron chi connectivity index (χ2n) is 6.11. The van der Waals surface area contributed by atoms with Crippen molar-refractivity contribution in [3.63, 3.8) is 0 Å². The van der Waals surface area contributed by atoms with Crippen LogP contribution in [0.25, 0.3) is 0 Å². The Kier molecular flexibility index (Phi) is 5.01. The zero-order valence-electron chi connectivity index (χ0n) is 11.8. The van der Waals surface area contributed by atoms with Gasteiger partial charge in [-0.25, -0.2) is 0 Å². The molecule has 2 N–H and O–H groups in total. The molecule has 0 radical (unpaired) electrons. The highest BCUT2D eigenvalue weighted by Gasteiger charge is 2.34. The van der Waals surface area contributed by atoms with Gasteiger partial charge in [-0.15, -0.1) is 0 Å². The van der Waals surface area contributed by atoms with Crippen molar-refractivity contribution in [1.29, 1.82) is 0 Å². The van der Waals surface area contributed by atoms with E-state index in [4.69, 9.17) is 4.74 Å². The summed E-state index contributed by atoms with van der Waals surface area (Å²) in [5.41, 5.74) is -0.0243. The van der Waals surface area contributed by atoms with Crippen molar-refractivity contribution in [3.8, 4) is 0 Å². The van der Waals surface area contributed by atoms with Gasteiger partial charge in [0, 0.05) is 31.2 Å². The molecule has 0 aromatic heterocycles. The summed E-state index contributed by atoms with van der Waals surface area (Å²) in [7, 11) is 0. The maximum atomic E-state index is 9.57. The molecular weight excluding hydrogens is 228 g/mol. The first-order valence-electron chi connectivity index (χ1n) is 7.37. The molecule has 0 aromatic carbocycles. The van der Waals surface area contributed by atoms with Crippen LogP contribution >= 0.6 is 0 Å². The summed E-state index contributed by atoms with van der Waals surface area (Å²) >= 11 is 0. The number of ether oxygens (including phenoxy) is 1. The van der Waals surface area contributed by atoms with Crippen molar-refractivity contribution in [2.75, 3.05) is 32.8 Å². The number of rotatable bonds is 5. The molecule has 1 aliphatic carbocycles. The SMILES string of the molecule is CC(C)N1CCOC(CNC2(CO)CCCC2)C1. The first-order chi connectivity index (χ1) is 8.65. The summed E-state index contributed by atoms with van der Waals surface area (Å²) in [6, 6.07) is 0.592. The molecule has 0 aromatic rings. The Morgan fingerprint density at radius 3 is 2.72 bits per heavy atom. The average molecular weight is 256 g/mol. The molecule has 4 heteroatoms. The van der Waals surface area contributed by atoms with Crippen molar-refractivity contribution in [2.45, 2.75) is 57.2 Å². The Bertz CT molecular complexity index is 252. The fourth-order valence-electron chi connectivity index (χ4n) is 3.11. The van der Waals surface area contributed by atoms with E-state index in [1.165, 1.54) is 12.8 Å². The Balaban J connectivity index is 1.78. The van der Waals surface area contributed by atoms with E-state index < -0.39 is 0 Å². The second-order valence-corrected chi connectivity index (χ2v) is 6.11. The Hall–Kier alpha value is -0.160. The lowest BCUT2D eigenvalue weighted by molar-refractivity contribution is -0.0414. The zero-order valence-corrected chi connectivity index (χ0v) is 11.8. The van der Waals surface area contributed by atoms with Gasteiger partial charge in [-0.3, -0.25) is 4.90 Å². The maximum absolute atomic E-state index is 9.57. The summed E-state index contributed by atoms with van der Waals surface area (Å²) < 4.78 is 5.82. The lowest BCUT2D eigenvalue weighted by atomic mass is 9.98. The van der Waals surface area contributed by atoms with Gasteiger partial charge in [-0.1, -0.05) is 12.8 Å². The van der Waals surface area contributed by atoms with Crippen LogP contribution in [0.2, 0.25) is 0 Å². The number of nitrogens with zero attached hydrogens (tertiary/aromatic N) is 1. The van der Waals surface area contributed by atoms with Crippen LogP contribution in [-0.2, 0) is 4.74 Å². The largest absolute Gasteiger partial charge is 0.394 e. The predicted octanol–water partition coefficient (Wildman–Crippen LogP) is 0.990. The summed E-state index contributed by atoms with van der Waals surface area (Å²) in [4.78, 5) is 2.47. The predicted molar refractivity (Wildman–Crippen MR) is 72.7 cm³/mol. The number of morpholine rings is 1. The highest BCUT2D eigenvalue weighted by Crippen LogP contribution is 2.29. The van der Waals surface area contributed by atoms with Crippen LogP contribution in [0.1, 0.15) is 39.5 Å². The van der Waals surface area contributed by atoms with Crippen LogP contribution in [0.3, 0.4) is 0 Å². The smallest absolute Gasteiger partial charge is 0.0827 e. The van der Waals surface area contributed by atoms with Crippen LogP contribution in [0, 0.1) is 0 Å². The number of hydrogen-bond donors (Lipinski definition) is 2. The van der Waals surface area contributed by atoms with Crippen molar-refractivity contribution in [2.24, 2.45) is 0 Å². The molecule has 2 aliphatic rings. The molecule has 1 atom stereocenters. The molecular formula is C14H28N2O2. The zero-order chi connectivity index (χ0) is 13.0. The Morgan fingerprint density at radius 1 is 1.39 bits per heavy atom. The molecule has 1 heterocycles. The van der Waals surface area contributed by atoms with Gasteiger partial charge >= 0.3 is 0 Å². The lowest BCUT2D eigenvalue weighted by Gasteiger charge is -2.37. The molecule has 0 amide bonds. The highest BCUT2D eigenvalue weighted by molar-refractivity contribution is 4.93. The van der Waals surface area contributed by atoms with Crippen molar-refractivity contribution >= 4 is 0 Å². The van der Waals surface area contributed by atoms with Gasteiger partial charge in [-0.2, -0.15) is 0 Å². The third kappa shape index (κ3) is 3.44. The third-order valence-electron chi connectivity index (χ3n) is 4.47. The van der Waals surface area contributed by atoms with E-state index in [2.05, 4.69) is 24.1 Å². The lowest BCUT2D eigenvalue weighted by Crippen LogP contribution is -2.54. The molecule has 4 nitrogen and oxygen atoms in total. The van der Waals surface area contributed by atoms with Crippen molar-refractivity contribution in [1.82, 2.24) is 10.2 Å². The second kappa shape index (κ2) is 6.33. The first kappa shape index (κ1) is 14.3. The highest BCUT2D eigenvalue weighted by atomic mass is 16.5. The minimum absolute atomic E-state index is 0.0243. The van der Waals surface area contributed by atoms with Gasteiger partial charge in [0.1, 0.15) is 0 Å². The number of nitrogens with one attached hydrogen (secondary N) is 1. The number of aliphatic hydroxyl groups is 1. The standard InChI is InChI=1S/C14H28N2O2/c1-12(2)16-7-8-18-13(10-16)9-15-14(11-17)5-3-4-6-14/h12-13,15,17H,3-11H2,1-2H3. The van der Waals surface area contributed by atoms with Gasteiger partial charge in [0.2, 0.25) is 0 Å². The number of aliphatic hydroxyl groups excluding tert-OH is 1. The maximum Gasteiger partial charge on any atom is 0.0827 e.